The molecule has 7 heteroatoms. The van der Waals surface area contributed by atoms with Crippen LogP contribution < -0.4 is 10.2 Å². The third-order valence-corrected chi connectivity index (χ3v) is 6.24. The predicted molar refractivity (Wildman–Crippen MR) is 120 cm³/mol. The van der Waals surface area contributed by atoms with Gasteiger partial charge >= 0.3 is 0 Å². The lowest BCUT2D eigenvalue weighted by Crippen LogP contribution is -2.62. The van der Waals surface area contributed by atoms with E-state index in [9.17, 15) is 14.4 Å². The summed E-state index contributed by atoms with van der Waals surface area (Å²) >= 11 is 0. The molecule has 1 aromatic carbocycles. The second kappa shape index (κ2) is 8.49. The summed E-state index contributed by atoms with van der Waals surface area (Å²) in [4.78, 5) is 46.6. The Morgan fingerprint density at radius 1 is 1.23 bits per heavy atom. The number of nitrogens with one attached hydrogen (secondary N) is 1. The third kappa shape index (κ3) is 4.17. The molecule has 1 aliphatic carbocycles. The monoisotopic (exact) mass is 420 g/mol. The highest BCUT2D eigenvalue weighted by molar-refractivity contribution is 6.13. The molecule has 0 spiro atoms. The summed E-state index contributed by atoms with van der Waals surface area (Å²) in [6, 6.07) is 7.67. The summed E-state index contributed by atoms with van der Waals surface area (Å²) in [5, 5.41) is 3.07. The summed E-state index contributed by atoms with van der Waals surface area (Å²) in [6.45, 7) is 3.56. The van der Waals surface area contributed by atoms with Crippen LogP contribution in [0.4, 0.5) is 5.69 Å². The van der Waals surface area contributed by atoms with Crippen molar-refractivity contribution >= 4 is 29.2 Å². The highest BCUT2D eigenvalue weighted by atomic mass is 16.2. The van der Waals surface area contributed by atoms with Crippen molar-refractivity contribution in [1.29, 1.82) is 0 Å². The molecule has 3 aliphatic rings. The van der Waals surface area contributed by atoms with Crippen LogP contribution in [0.1, 0.15) is 44.6 Å². The number of carbonyl (C=O) groups excluding carboxylic acids is 3. The Hall–Kier alpha value is -3.22. The van der Waals surface area contributed by atoms with Gasteiger partial charge in [-0.1, -0.05) is 37.1 Å². The number of benzene rings is 1. The molecule has 7 nitrogen and oxygen atoms in total. The Balaban J connectivity index is 1.66. The second-order valence-electron chi connectivity index (χ2n) is 8.61. The van der Waals surface area contributed by atoms with Gasteiger partial charge in [0, 0.05) is 17.9 Å². The van der Waals surface area contributed by atoms with E-state index >= 15 is 0 Å². The van der Waals surface area contributed by atoms with E-state index in [1.54, 1.807) is 30.2 Å². The first-order valence-corrected chi connectivity index (χ1v) is 10.8. The van der Waals surface area contributed by atoms with Crippen LogP contribution in [0.25, 0.3) is 0 Å². The van der Waals surface area contributed by atoms with Gasteiger partial charge in [0.2, 0.25) is 5.91 Å². The molecule has 0 unspecified atom stereocenters. The van der Waals surface area contributed by atoms with Crippen LogP contribution in [0.15, 0.2) is 53.7 Å². The molecule has 1 N–H and O–H groups in total. The fourth-order valence-corrected chi connectivity index (χ4v) is 4.58. The molecule has 162 valence electrons. The number of aryl methyl sites for hydroxylation is 1. The zero-order valence-electron chi connectivity index (χ0n) is 18.0. The van der Waals surface area contributed by atoms with Crippen LogP contribution in [0.5, 0.6) is 0 Å². The summed E-state index contributed by atoms with van der Waals surface area (Å²) in [5.41, 5.74) is 0.382. The highest BCUT2D eigenvalue weighted by Gasteiger charge is 2.48. The van der Waals surface area contributed by atoms with E-state index in [0.29, 0.717) is 11.5 Å². The molecule has 0 radical (unpaired) electrons. The Morgan fingerprint density at radius 2 is 1.97 bits per heavy atom. The first kappa shape index (κ1) is 21.0. The van der Waals surface area contributed by atoms with Crippen LogP contribution in [0.3, 0.4) is 0 Å². The van der Waals surface area contributed by atoms with Crippen LogP contribution in [0, 0.1) is 6.92 Å². The minimum absolute atomic E-state index is 0.0554. The molecule has 2 heterocycles. The Kier molecular flexibility index (Phi) is 5.76. The predicted octanol–water partition coefficient (Wildman–Crippen LogP) is 2.86. The van der Waals surface area contributed by atoms with E-state index < -0.39 is 5.54 Å². The van der Waals surface area contributed by atoms with Crippen molar-refractivity contribution < 1.29 is 14.4 Å². The Labute approximate surface area is 182 Å². The van der Waals surface area contributed by atoms with Crippen molar-refractivity contribution in [3.63, 3.8) is 0 Å². The number of rotatable bonds is 5. The van der Waals surface area contributed by atoms with Gasteiger partial charge in [-0.3, -0.25) is 14.4 Å². The minimum atomic E-state index is -1.18. The number of fused-ring (bicyclic) bond motifs is 1. The van der Waals surface area contributed by atoms with Crippen molar-refractivity contribution in [2.75, 3.05) is 11.4 Å². The van der Waals surface area contributed by atoms with E-state index in [1.165, 1.54) is 4.90 Å². The number of amidine groups is 1. The van der Waals surface area contributed by atoms with Crippen LogP contribution in [0.2, 0.25) is 0 Å². The van der Waals surface area contributed by atoms with Gasteiger partial charge in [0.25, 0.3) is 11.8 Å². The largest absolute Gasteiger partial charge is 0.352 e. The number of carbonyl (C=O) groups is 3. The molecule has 0 bridgehead atoms. The van der Waals surface area contributed by atoms with Crippen molar-refractivity contribution in [2.45, 2.75) is 57.5 Å². The van der Waals surface area contributed by atoms with Crippen molar-refractivity contribution in [2.24, 2.45) is 4.99 Å². The van der Waals surface area contributed by atoms with E-state index in [1.807, 2.05) is 37.3 Å². The molecule has 1 aromatic rings. The molecule has 2 aliphatic heterocycles. The highest BCUT2D eigenvalue weighted by Crippen LogP contribution is 2.32. The number of hydrogen-bond donors (Lipinski definition) is 1. The SMILES string of the molecule is Cc1ccccc1N(CC(=O)NC1CCCC1)C(=O)[C@@]1(C)CC(=O)N=C2C=CC=CN21. The molecular weight excluding hydrogens is 392 g/mol. The number of allylic oxidation sites excluding steroid dienone is 2. The maximum absolute atomic E-state index is 14.0. The maximum Gasteiger partial charge on any atom is 0.254 e. The molecule has 0 saturated heterocycles. The molecule has 3 amide bonds. The van der Waals surface area contributed by atoms with Gasteiger partial charge in [0.15, 0.2) is 0 Å². The second-order valence-corrected chi connectivity index (χ2v) is 8.61. The molecule has 31 heavy (non-hydrogen) atoms. The summed E-state index contributed by atoms with van der Waals surface area (Å²) in [7, 11) is 0. The average molecular weight is 421 g/mol. The zero-order chi connectivity index (χ0) is 22.0. The molecule has 1 atom stereocenters. The van der Waals surface area contributed by atoms with Gasteiger partial charge in [-0.2, -0.15) is 4.99 Å². The topological polar surface area (TPSA) is 82.1 Å². The Morgan fingerprint density at radius 3 is 2.71 bits per heavy atom. The maximum atomic E-state index is 14.0. The van der Waals surface area contributed by atoms with E-state index in [4.69, 9.17) is 0 Å². The number of nitrogens with zero attached hydrogens (tertiary/aromatic N) is 3. The molecule has 0 aromatic heterocycles. The number of anilines is 1. The van der Waals surface area contributed by atoms with Gasteiger partial charge in [0.1, 0.15) is 17.9 Å². The molecule has 4 rings (SSSR count). The fourth-order valence-electron chi connectivity index (χ4n) is 4.58. The van der Waals surface area contributed by atoms with Crippen molar-refractivity contribution in [3.8, 4) is 0 Å². The van der Waals surface area contributed by atoms with Crippen LogP contribution in [-0.4, -0.2) is 46.6 Å². The smallest absolute Gasteiger partial charge is 0.254 e. The van der Waals surface area contributed by atoms with Gasteiger partial charge in [0.05, 0.1) is 6.42 Å². The van der Waals surface area contributed by atoms with Crippen LogP contribution in [-0.2, 0) is 14.4 Å². The number of amides is 3. The van der Waals surface area contributed by atoms with Gasteiger partial charge in [-0.25, -0.2) is 0 Å². The third-order valence-electron chi connectivity index (χ3n) is 6.24. The van der Waals surface area contributed by atoms with E-state index in [2.05, 4.69) is 10.3 Å². The zero-order valence-corrected chi connectivity index (χ0v) is 18.0. The first-order valence-electron chi connectivity index (χ1n) is 10.8. The molecule has 1 saturated carbocycles. The van der Waals surface area contributed by atoms with Gasteiger partial charge < -0.3 is 15.1 Å². The lowest BCUT2D eigenvalue weighted by atomic mass is 9.90. The summed E-state index contributed by atoms with van der Waals surface area (Å²) in [5.74, 6) is -0.391. The lowest BCUT2D eigenvalue weighted by Gasteiger charge is -2.44. The van der Waals surface area contributed by atoms with Crippen LogP contribution >= 0.6 is 0 Å². The normalized spacial score (nSPS) is 22.8. The van der Waals surface area contributed by atoms with E-state index in [0.717, 1.165) is 31.2 Å². The quantitative estimate of drug-likeness (QED) is 0.794. The fraction of sp³-hybridized carbons (Fsp3) is 0.417. The van der Waals surface area contributed by atoms with E-state index in [-0.39, 0.29) is 36.7 Å². The molecule has 1 fully saturated rings. The van der Waals surface area contributed by atoms with Crippen molar-refractivity contribution in [3.05, 3.63) is 54.3 Å². The molecular formula is C24H28N4O3. The summed E-state index contributed by atoms with van der Waals surface area (Å²) in [6.07, 6.45) is 11.2. The standard InChI is InChI=1S/C24H28N4O3/c1-17-9-3-6-12-19(17)27(16-22(30)25-18-10-4-5-11-18)23(31)24(2)15-21(29)26-20-13-7-8-14-28(20)24/h3,6-9,12-14,18H,4-5,10-11,15-16H2,1-2H3,(H,25,30)/t24-/m1/s1. The minimum Gasteiger partial charge on any atom is -0.352 e. The summed E-state index contributed by atoms with van der Waals surface area (Å²) < 4.78 is 0. The van der Waals surface area contributed by atoms with Crippen molar-refractivity contribution in [1.82, 2.24) is 10.2 Å². The van der Waals surface area contributed by atoms with Gasteiger partial charge in [-0.05, 0) is 50.5 Å². The Bertz CT molecular complexity index is 990. The van der Waals surface area contributed by atoms with Gasteiger partial charge in [-0.15, -0.1) is 0 Å². The lowest BCUT2D eigenvalue weighted by molar-refractivity contribution is -0.133. The average Bonchev–Trinajstić information content (AvgIpc) is 3.25. The number of para-hydroxylation sites is 1. The first-order chi connectivity index (χ1) is 14.9. The number of aliphatic imine (C=N–C) groups is 1. The number of hydrogen-bond acceptors (Lipinski definition) is 4.